The highest BCUT2D eigenvalue weighted by atomic mass is 35.5. The van der Waals surface area contributed by atoms with Crippen molar-refractivity contribution in [2.45, 2.75) is 6.54 Å². The van der Waals surface area contributed by atoms with E-state index in [2.05, 4.69) is 10.6 Å². The molecule has 0 saturated carbocycles. The van der Waals surface area contributed by atoms with Gasteiger partial charge in [-0.15, -0.1) is 0 Å². The predicted octanol–water partition coefficient (Wildman–Crippen LogP) is 1.11. The lowest BCUT2D eigenvalue weighted by molar-refractivity contribution is 0.249. The molecule has 0 saturated heterocycles. The summed E-state index contributed by atoms with van der Waals surface area (Å²) in [7, 11) is 1.60. The van der Waals surface area contributed by atoms with Gasteiger partial charge in [-0.3, -0.25) is 0 Å². The molecule has 0 aromatic heterocycles. The smallest absolute Gasteiger partial charge is 0.312 e. The maximum atomic E-state index is 10.4. The first-order valence-corrected chi connectivity index (χ1v) is 5.58. The summed E-state index contributed by atoms with van der Waals surface area (Å²) in [6.07, 6.45) is 0. The molecule has 94 valence electrons. The van der Waals surface area contributed by atoms with Gasteiger partial charge in [-0.05, 0) is 12.1 Å². The van der Waals surface area contributed by atoms with E-state index in [1.54, 1.807) is 7.11 Å². The molecule has 1 rings (SSSR count). The van der Waals surface area contributed by atoms with Crippen LogP contribution in [0.4, 0.5) is 4.79 Å². The summed E-state index contributed by atoms with van der Waals surface area (Å²) in [4.78, 5) is 10.4. The van der Waals surface area contributed by atoms with Crippen molar-refractivity contribution in [3.05, 3.63) is 28.8 Å². The third-order valence-corrected chi connectivity index (χ3v) is 2.55. The van der Waals surface area contributed by atoms with E-state index in [0.717, 1.165) is 11.3 Å². The Kier molecular flexibility index (Phi) is 5.59. The molecule has 0 heterocycles. The Labute approximate surface area is 105 Å². The molecule has 0 spiro atoms. The van der Waals surface area contributed by atoms with Crippen molar-refractivity contribution in [3.8, 4) is 5.75 Å². The molecule has 0 radical (unpaired) electrons. The second-order valence-corrected chi connectivity index (χ2v) is 3.80. The second kappa shape index (κ2) is 6.98. The third kappa shape index (κ3) is 4.50. The van der Waals surface area contributed by atoms with E-state index < -0.39 is 6.03 Å². The van der Waals surface area contributed by atoms with Crippen molar-refractivity contribution in [1.29, 1.82) is 0 Å². The first kappa shape index (κ1) is 13.6. The van der Waals surface area contributed by atoms with Crippen LogP contribution in [0.25, 0.3) is 0 Å². The van der Waals surface area contributed by atoms with E-state index in [9.17, 15) is 4.79 Å². The molecule has 0 aliphatic carbocycles. The highest BCUT2D eigenvalue weighted by Crippen LogP contribution is 2.25. The van der Waals surface area contributed by atoms with E-state index in [4.69, 9.17) is 22.1 Å². The minimum Gasteiger partial charge on any atom is -0.496 e. The quantitative estimate of drug-likeness (QED) is 0.668. The summed E-state index contributed by atoms with van der Waals surface area (Å²) in [5, 5.41) is 6.28. The highest BCUT2D eigenvalue weighted by molar-refractivity contribution is 6.31. The minimum atomic E-state index is -0.526. The highest BCUT2D eigenvalue weighted by Gasteiger charge is 2.06. The molecule has 0 unspecified atom stereocenters. The molecule has 0 aliphatic rings. The first-order chi connectivity index (χ1) is 8.15. The van der Waals surface area contributed by atoms with E-state index in [1.807, 2.05) is 18.2 Å². The van der Waals surface area contributed by atoms with Crippen molar-refractivity contribution >= 4 is 17.6 Å². The van der Waals surface area contributed by atoms with Gasteiger partial charge in [0.25, 0.3) is 0 Å². The maximum Gasteiger partial charge on any atom is 0.312 e. The lowest BCUT2D eigenvalue weighted by atomic mass is 10.2. The number of hydrogen-bond donors (Lipinski definition) is 3. The Balaban J connectivity index is 2.43. The van der Waals surface area contributed by atoms with Crippen LogP contribution in [0, 0.1) is 0 Å². The van der Waals surface area contributed by atoms with Crippen molar-refractivity contribution < 1.29 is 9.53 Å². The molecule has 1 aromatic carbocycles. The van der Waals surface area contributed by atoms with Crippen LogP contribution in [0.1, 0.15) is 5.56 Å². The summed E-state index contributed by atoms with van der Waals surface area (Å²) in [6, 6.07) is 4.97. The average Bonchev–Trinajstić information content (AvgIpc) is 2.30. The van der Waals surface area contributed by atoms with Gasteiger partial charge in [0.1, 0.15) is 5.75 Å². The summed E-state index contributed by atoms with van der Waals surface area (Å²) >= 11 is 6.06. The Morgan fingerprint density at radius 2 is 2.24 bits per heavy atom. The largest absolute Gasteiger partial charge is 0.496 e. The Morgan fingerprint density at radius 3 is 2.88 bits per heavy atom. The molecule has 6 heteroatoms. The molecule has 4 N–H and O–H groups in total. The van der Waals surface area contributed by atoms with Crippen LogP contribution >= 0.6 is 11.6 Å². The van der Waals surface area contributed by atoms with Crippen LogP contribution in [0.15, 0.2) is 18.2 Å². The van der Waals surface area contributed by atoms with Crippen LogP contribution in [-0.4, -0.2) is 26.2 Å². The normalized spacial score (nSPS) is 10.0. The lowest BCUT2D eigenvalue weighted by Gasteiger charge is -2.11. The number of hydrogen-bond acceptors (Lipinski definition) is 3. The Morgan fingerprint density at radius 1 is 1.47 bits per heavy atom. The fourth-order valence-corrected chi connectivity index (χ4v) is 1.62. The van der Waals surface area contributed by atoms with E-state index in [0.29, 0.717) is 24.7 Å². The van der Waals surface area contributed by atoms with Crippen molar-refractivity contribution in [2.75, 3.05) is 20.2 Å². The Bertz CT molecular complexity index is 385. The van der Waals surface area contributed by atoms with E-state index >= 15 is 0 Å². The third-order valence-electron chi connectivity index (χ3n) is 2.20. The van der Waals surface area contributed by atoms with Gasteiger partial charge in [0.05, 0.1) is 7.11 Å². The number of methoxy groups -OCH3 is 1. The van der Waals surface area contributed by atoms with Gasteiger partial charge in [0.2, 0.25) is 0 Å². The molecular formula is C11H16ClN3O2. The van der Waals surface area contributed by atoms with Crippen molar-refractivity contribution in [2.24, 2.45) is 5.73 Å². The van der Waals surface area contributed by atoms with Crippen molar-refractivity contribution in [1.82, 2.24) is 10.6 Å². The number of rotatable bonds is 6. The van der Waals surface area contributed by atoms with Crippen LogP contribution in [0.5, 0.6) is 5.75 Å². The molecule has 0 aliphatic heterocycles. The lowest BCUT2D eigenvalue weighted by Crippen LogP contribution is -2.35. The van der Waals surface area contributed by atoms with Gasteiger partial charge >= 0.3 is 6.03 Å². The molecular weight excluding hydrogens is 242 g/mol. The molecule has 5 nitrogen and oxygen atoms in total. The summed E-state index contributed by atoms with van der Waals surface area (Å²) in [5.41, 5.74) is 5.84. The number of primary amides is 1. The Hall–Kier alpha value is -1.46. The molecule has 1 aromatic rings. The second-order valence-electron chi connectivity index (χ2n) is 3.39. The fraction of sp³-hybridized carbons (Fsp3) is 0.364. The van der Waals surface area contributed by atoms with Crippen molar-refractivity contribution in [3.63, 3.8) is 0 Å². The van der Waals surface area contributed by atoms with Crippen LogP contribution in [0.3, 0.4) is 0 Å². The fourth-order valence-electron chi connectivity index (χ4n) is 1.39. The number of urea groups is 1. The number of halogens is 1. The number of nitrogens with two attached hydrogens (primary N) is 1. The summed E-state index contributed by atoms with van der Waals surface area (Å²) < 4.78 is 5.21. The average molecular weight is 258 g/mol. The number of carbonyl (C=O) groups excluding carboxylic acids is 1. The van der Waals surface area contributed by atoms with Crippen LogP contribution in [0.2, 0.25) is 5.02 Å². The zero-order valence-corrected chi connectivity index (χ0v) is 10.4. The van der Waals surface area contributed by atoms with E-state index in [1.165, 1.54) is 0 Å². The standard InChI is InChI=1S/C11H16ClN3O2/c1-17-10-4-2-3-9(12)8(10)7-14-5-6-15-11(13)16/h2-4,14H,5-7H2,1H3,(H3,13,15,16). The molecule has 0 fully saturated rings. The summed E-state index contributed by atoms with van der Waals surface area (Å²) in [6.45, 7) is 1.66. The monoisotopic (exact) mass is 257 g/mol. The SMILES string of the molecule is COc1cccc(Cl)c1CNCCNC(N)=O. The number of carbonyl (C=O) groups is 1. The molecule has 2 amide bonds. The molecule has 0 atom stereocenters. The zero-order valence-electron chi connectivity index (χ0n) is 9.63. The predicted molar refractivity (Wildman–Crippen MR) is 67.3 cm³/mol. The van der Waals surface area contributed by atoms with Gasteiger partial charge in [-0.2, -0.15) is 0 Å². The van der Waals surface area contributed by atoms with Gasteiger partial charge in [-0.25, -0.2) is 4.79 Å². The molecule has 0 bridgehead atoms. The topological polar surface area (TPSA) is 76.4 Å². The van der Waals surface area contributed by atoms with Gasteiger partial charge in [0, 0.05) is 30.2 Å². The van der Waals surface area contributed by atoms with Gasteiger partial charge < -0.3 is 21.1 Å². The van der Waals surface area contributed by atoms with E-state index in [-0.39, 0.29) is 0 Å². The molecule has 17 heavy (non-hydrogen) atoms. The number of amides is 2. The zero-order chi connectivity index (χ0) is 12.7. The number of ether oxygens (including phenoxy) is 1. The summed E-state index contributed by atoms with van der Waals surface area (Å²) in [5.74, 6) is 0.743. The van der Waals surface area contributed by atoms with Gasteiger partial charge in [0.15, 0.2) is 0 Å². The maximum absolute atomic E-state index is 10.4. The number of benzene rings is 1. The van der Waals surface area contributed by atoms with Crippen LogP contribution < -0.4 is 21.1 Å². The number of nitrogens with one attached hydrogen (secondary N) is 2. The first-order valence-electron chi connectivity index (χ1n) is 5.20. The van der Waals surface area contributed by atoms with Crippen LogP contribution in [-0.2, 0) is 6.54 Å². The minimum absolute atomic E-state index is 0.474. The van der Waals surface area contributed by atoms with Gasteiger partial charge in [-0.1, -0.05) is 17.7 Å².